The summed E-state index contributed by atoms with van der Waals surface area (Å²) in [6.07, 6.45) is 5.59. The van der Waals surface area contributed by atoms with Crippen molar-refractivity contribution in [2.24, 2.45) is 11.8 Å². The van der Waals surface area contributed by atoms with Crippen molar-refractivity contribution in [3.63, 3.8) is 0 Å². The second-order valence-corrected chi connectivity index (χ2v) is 5.97. The molecule has 5 heteroatoms. The second kappa shape index (κ2) is 6.68. The monoisotopic (exact) mass is 279 g/mol. The number of aryl methyl sites for hydroxylation is 1. The Morgan fingerprint density at radius 3 is 2.70 bits per heavy atom. The molecule has 0 unspecified atom stereocenters. The summed E-state index contributed by atoms with van der Waals surface area (Å²) in [5.41, 5.74) is 1.19. The number of hydrogen-bond acceptors (Lipinski definition) is 4. The van der Waals surface area contributed by atoms with E-state index in [4.69, 9.17) is 4.74 Å². The lowest BCUT2D eigenvalue weighted by molar-refractivity contribution is 0.0939. The summed E-state index contributed by atoms with van der Waals surface area (Å²) in [6, 6.07) is 0. The molecular formula is C15H25N3O2. The van der Waals surface area contributed by atoms with Crippen molar-refractivity contribution in [1.82, 2.24) is 15.3 Å². The van der Waals surface area contributed by atoms with E-state index in [1.807, 2.05) is 19.3 Å². The molecule has 5 nitrogen and oxygen atoms in total. The number of carbonyl (C=O) groups is 1. The minimum Gasteiger partial charge on any atom is -0.449 e. The van der Waals surface area contributed by atoms with Gasteiger partial charge in [-0.2, -0.15) is 0 Å². The molecule has 0 spiro atoms. The molecule has 1 saturated carbocycles. The van der Waals surface area contributed by atoms with Crippen molar-refractivity contribution in [2.75, 3.05) is 13.2 Å². The Kier molecular flexibility index (Phi) is 4.93. The van der Waals surface area contributed by atoms with Gasteiger partial charge in [0.1, 0.15) is 5.82 Å². The maximum absolute atomic E-state index is 11.4. The highest BCUT2D eigenvalue weighted by atomic mass is 16.5. The molecule has 112 valence electrons. The van der Waals surface area contributed by atoms with Crippen molar-refractivity contribution >= 4 is 6.09 Å². The van der Waals surface area contributed by atoms with Crippen molar-refractivity contribution in [1.29, 1.82) is 0 Å². The van der Waals surface area contributed by atoms with Crippen LogP contribution in [0, 0.1) is 18.8 Å². The summed E-state index contributed by atoms with van der Waals surface area (Å²) < 4.78 is 5.22. The largest absolute Gasteiger partial charge is 0.449 e. The molecule has 1 aromatic heterocycles. The molecule has 0 aromatic carbocycles. The quantitative estimate of drug-likeness (QED) is 0.900. The molecule has 1 amide bonds. The number of rotatable bonds is 5. The van der Waals surface area contributed by atoms with Gasteiger partial charge in [0.05, 0.1) is 6.61 Å². The Morgan fingerprint density at radius 2 is 2.10 bits per heavy atom. The topological polar surface area (TPSA) is 64.1 Å². The highest BCUT2D eigenvalue weighted by Crippen LogP contribution is 2.41. The van der Waals surface area contributed by atoms with Crippen LogP contribution < -0.4 is 5.32 Å². The van der Waals surface area contributed by atoms with Crippen LogP contribution in [0.25, 0.3) is 0 Å². The molecule has 20 heavy (non-hydrogen) atoms. The second-order valence-electron chi connectivity index (χ2n) is 5.97. The van der Waals surface area contributed by atoms with E-state index in [1.54, 1.807) is 0 Å². The van der Waals surface area contributed by atoms with Gasteiger partial charge in [0.2, 0.25) is 0 Å². The van der Waals surface area contributed by atoms with Crippen LogP contribution in [-0.2, 0) is 4.74 Å². The number of nitrogens with one attached hydrogen (secondary N) is 1. The van der Waals surface area contributed by atoms with Gasteiger partial charge in [-0.15, -0.1) is 0 Å². The van der Waals surface area contributed by atoms with Gasteiger partial charge >= 0.3 is 6.09 Å². The number of alkyl carbamates (subject to hydrolysis) is 1. The zero-order chi connectivity index (χ0) is 14.5. The zero-order valence-electron chi connectivity index (χ0n) is 12.4. The fourth-order valence-electron chi connectivity index (χ4n) is 2.29. The molecule has 0 aliphatic heterocycles. The van der Waals surface area contributed by atoms with E-state index in [-0.39, 0.29) is 7.52 Å². The summed E-state index contributed by atoms with van der Waals surface area (Å²) >= 11 is 0. The first-order valence-electron chi connectivity index (χ1n) is 7.23. The van der Waals surface area contributed by atoms with Crippen LogP contribution >= 0.6 is 0 Å². The first-order valence-corrected chi connectivity index (χ1v) is 7.23. The third-order valence-electron chi connectivity index (χ3n) is 3.61. The van der Waals surface area contributed by atoms with Crippen LogP contribution in [0.5, 0.6) is 0 Å². The Morgan fingerprint density at radius 1 is 1.45 bits per heavy atom. The van der Waals surface area contributed by atoms with Gasteiger partial charge in [-0.1, -0.05) is 13.8 Å². The van der Waals surface area contributed by atoms with Gasteiger partial charge in [0.25, 0.3) is 0 Å². The van der Waals surface area contributed by atoms with E-state index in [0.29, 0.717) is 30.9 Å². The summed E-state index contributed by atoms with van der Waals surface area (Å²) in [5.74, 6) is 2.22. The lowest BCUT2D eigenvalue weighted by Crippen LogP contribution is -2.32. The lowest BCUT2D eigenvalue weighted by atomic mass is 9.72. The van der Waals surface area contributed by atoms with E-state index < -0.39 is 0 Å². The SMILES string of the molecule is Cc1ncc(C2CC(COC(=O)NCC(C)C)C2)cn1.[HH]. The van der Waals surface area contributed by atoms with E-state index >= 15 is 0 Å². The molecule has 1 N–H and O–H groups in total. The Labute approximate surface area is 121 Å². The van der Waals surface area contributed by atoms with Crippen LogP contribution in [0.3, 0.4) is 0 Å². The van der Waals surface area contributed by atoms with Crippen LogP contribution in [0.2, 0.25) is 0 Å². The third-order valence-corrected chi connectivity index (χ3v) is 3.61. The summed E-state index contributed by atoms with van der Waals surface area (Å²) in [7, 11) is 0. The van der Waals surface area contributed by atoms with Gasteiger partial charge < -0.3 is 10.1 Å². The maximum Gasteiger partial charge on any atom is 0.407 e. The van der Waals surface area contributed by atoms with Crippen molar-refractivity contribution in [3.05, 3.63) is 23.8 Å². The molecule has 0 saturated heterocycles. The first-order chi connectivity index (χ1) is 9.54. The number of aromatic nitrogens is 2. The molecule has 1 fully saturated rings. The van der Waals surface area contributed by atoms with E-state index in [2.05, 4.69) is 29.1 Å². The lowest BCUT2D eigenvalue weighted by Gasteiger charge is -2.34. The number of nitrogens with zero attached hydrogens (tertiary/aromatic N) is 2. The van der Waals surface area contributed by atoms with Gasteiger partial charge in [0.15, 0.2) is 0 Å². The molecule has 2 rings (SSSR count). The minimum atomic E-state index is -0.305. The molecular weight excluding hydrogens is 254 g/mol. The maximum atomic E-state index is 11.4. The van der Waals surface area contributed by atoms with Gasteiger partial charge in [-0.05, 0) is 43.1 Å². The fourth-order valence-corrected chi connectivity index (χ4v) is 2.29. The number of carbonyl (C=O) groups excluding carboxylic acids is 1. The molecule has 1 aromatic rings. The third kappa shape index (κ3) is 4.18. The predicted molar refractivity (Wildman–Crippen MR) is 78.5 cm³/mol. The molecule has 1 aliphatic rings. The molecule has 0 radical (unpaired) electrons. The van der Waals surface area contributed by atoms with E-state index in [9.17, 15) is 4.79 Å². The Bertz CT molecular complexity index is 445. The highest BCUT2D eigenvalue weighted by molar-refractivity contribution is 5.67. The summed E-state index contributed by atoms with van der Waals surface area (Å²) in [4.78, 5) is 19.9. The van der Waals surface area contributed by atoms with Gasteiger partial charge in [-0.3, -0.25) is 0 Å². The Hall–Kier alpha value is -1.65. The van der Waals surface area contributed by atoms with Crippen molar-refractivity contribution < 1.29 is 11.0 Å². The van der Waals surface area contributed by atoms with Crippen LogP contribution in [0.1, 0.15) is 45.4 Å². The molecule has 1 heterocycles. The Balaban J connectivity index is 0.00000220. The average Bonchev–Trinajstić information content (AvgIpc) is 2.36. The number of ether oxygens (including phenoxy) is 1. The molecule has 0 bridgehead atoms. The first kappa shape index (κ1) is 14.8. The van der Waals surface area contributed by atoms with E-state index in [1.165, 1.54) is 5.56 Å². The minimum absolute atomic E-state index is 0. The van der Waals surface area contributed by atoms with E-state index in [0.717, 1.165) is 18.7 Å². The normalized spacial score (nSPS) is 21.4. The van der Waals surface area contributed by atoms with Crippen molar-refractivity contribution in [2.45, 2.75) is 39.5 Å². The van der Waals surface area contributed by atoms with Crippen LogP contribution in [-0.4, -0.2) is 29.2 Å². The number of hydrogen-bond donors (Lipinski definition) is 1. The average molecular weight is 279 g/mol. The summed E-state index contributed by atoms with van der Waals surface area (Å²) in [6.45, 7) is 7.16. The predicted octanol–water partition coefficient (Wildman–Crippen LogP) is 2.91. The fraction of sp³-hybridized carbons (Fsp3) is 0.667. The number of amides is 1. The smallest absolute Gasteiger partial charge is 0.407 e. The van der Waals surface area contributed by atoms with Crippen molar-refractivity contribution in [3.8, 4) is 0 Å². The highest BCUT2D eigenvalue weighted by Gasteiger charge is 2.31. The zero-order valence-corrected chi connectivity index (χ0v) is 12.4. The van der Waals surface area contributed by atoms with Crippen LogP contribution in [0.4, 0.5) is 4.79 Å². The van der Waals surface area contributed by atoms with Gasteiger partial charge in [0, 0.05) is 20.4 Å². The molecule has 0 atom stereocenters. The van der Waals surface area contributed by atoms with Crippen LogP contribution in [0.15, 0.2) is 12.4 Å². The summed E-state index contributed by atoms with van der Waals surface area (Å²) in [5, 5.41) is 2.75. The standard InChI is InChI=1S/C15H23N3O2.H2/c1-10(2)6-18-15(19)20-9-12-4-13(5-12)14-7-16-11(3)17-8-14;/h7-8,10,12-13H,4-6,9H2,1-3H3,(H,18,19);1H. The molecule has 1 aliphatic carbocycles. The van der Waals surface area contributed by atoms with Gasteiger partial charge in [-0.25, -0.2) is 14.8 Å².